The van der Waals surface area contributed by atoms with Gasteiger partial charge in [-0.2, -0.15) is 13.2 Å². The maximum Gasteiger partial charge on any atom is 0.436 e. The number of nitrogens with zero attached hydrogens (tertiary/aromatic N) is 3. The summed E-state index contributed by atoms with van der Waals surface area (Å²) in [6, 6.07) is 2.75. The van der Waals surface area contributed by atoms with E-state index in [1.807, 2.05) is 6.92 Å². The largest absolute Gasteiger partial charge is 0.436 e. The first kappa shape index (κ1) is 26.5. The summed E-state index contributed by atoms with van der Waals surface area (Å²) in [6.07, 6.45) is 0.269. The van der Waals surface area contributed by atoms with Crippen molar-refractivity contribution in [2.45, 2.75) is 63.6 Å². The zero-order valence-electron chi connectivity index (χ0n) is 21.2. The van der Waals surface area contributed by atoms with Crippen LogP contribution in [-0.2, 0) is 15.7 Å². The maximum atomic E-state index is 14.5. The van der Waals surface area contributed by atoms with Crippen molar-refractivity contribution in [3.05, 3.63) is 52.7 Å². The number of fused-ring (bicyclic) bond motifs is 3. The molecule has 1 saturated carbocycles. The minimum atomic E-state index is -4.99. The molecule has 38 heavy (non-hydrogen) atoms. The molecule has 2 amide bonds. The lowest BCUT2D eigenvalue weighted by atomic mass is 9.73. The van der Waals surface area contributed by atoms with Crippen LogP contribution in [0.3, 0.4) is 0 Å². The van der Waals surface area contributed by atoms with Gasteiger partial charge in [-0.05, 0) is 67.7 Å². The second-order valence-electron chi connectivity index (χ2n) is 10.4. The summed E-state index contributed by atoms with van der Waals surface area (Å²) in [5.41, 5.74) is -0.339. The molecule has 3 aliphatic rings. The summed E-state index contributed by atoms with van der Waals surface area (Å²) < 4.78 is 59.2. The van der Waals surface area contributed by atoms with E-state index in [-0.39, 0.29) is 35.6 Å². The molecule has 2 aliphatic heterocycles. The van der Waals surface area contributed by atoms with Gasteiger partial charge in [0.1, 0.15) is 5.82 Å². The van der Waals surface area contributed by atoms with Gasteiger partial charge in [0, 0.05) is 37.5 Å². The van der Waals surface area contributed by atoms with Gasteiger partial charge in [0.25, 0.3) is 5.91 Å². The van der Waals surface area contributed by atoms with Crippen LogP contribution >= 0.6 is 0 Å². The Balaban J connectivity index is 1.38. The number of hydrogen-bond acceptors (Lipinski definition) is 5. The van der Waals surface area contributed by atoms with Crippen LogP contribution in [0.5, 0.6) is 0 Å². The summed E-state index contributed by atoms with van der Waals surface area (Å²) in [5, 5.41) is 2.74. The molecule has 2 aromatic heterocycles. The van der Waals surface area contributed by atoms with Crippen molar-refractivity contribution in [1.82, 2.24) is 15.3 Å². The summed E-state index contributed by atoms with van der Waals surface area (Å²) in [4.78, 5) is 35.3. The number of ether oxygens (including phenoxy) is 1. The Morgan fingerprint density at radius 3 is 2.71 bits per heavy atom. The van der Waals surface area contributed by atoms with Crippen LogP contribution in [0.25, 0.3) is 0 Å². The summed E-state index contributed by atoms with van der Waals surface area (Å²) >= 11 is 0. The quantitative estimate of drug-likeness (QED) is 0.569. The van der Waals surface area contributed by atoms with E-state index in [1.54, 1.807) is 11.1 Å². The lowest BCUT2D eigenvalue weighted by molar-refractivity contribution is -0.143. The van der Waals surface area contributed by atoms with E-state index in [2.05, 4.69) is 23.3 Å². The van der Waals surface area contributed by atoms with Crippen LogP contribution in [0, 0.1) is 17.7 Å². The lowest BCUT2D eigenvalue weighted by Gasteiger charge is -2.41. The van der Waals surface area contributed by atoms with E-state index in [9.17, 15) is 27.2 Å². The van der Waals surface area contributed by atoms with Crippen LogP contribution in [0.4, 0.5) is 23.4 Å². The van der Waals surface area contributed by atoms with Gasteiger partial charge in [-0.15, -0.1) is 0 Å². The van der Waals surface area contributed by atoms with E-state index in [1.165, 1.54) is 0 Å². The molecule has 0 bridgehead atoms. The van der Waals surface area contributed by atoms with Crippen molar-refractivity contribution >= 4 is 17.6 Å². The molecule has 2 aromatic rings. The lowest BCUT2D eigenvalue weighted by Crippen LogP contribution is -2.47. The van der Waals surface area contributed by atoms with Crippen molar-refractivity contribution in [2.75, 3.05) is 24.7 Å². The first-order valence-corrected chi connectivity index (χ1v) is 13.0. The fraction of sp³-hybridized carbons (Fsp3) is 0.556. The standard InChI is InChI=1S/C27H30F4N4O3/c1-3-35-24-20(17-7-9-38-13-21(17)26(35)37)10-15(12-33-24)19-11-16(5-4-14(19)2)34-25(36)18-6-8-32-23(22(18)28)27(29,30)31/h6,8,10,12,14,16-17,19,21H,3-5,7,9,11,13H2,1-2H3,(H,34,36)/t14?,16?,17-,19?,21+/m0/s1. The first-order chi connectivity index (χ1) is 18.1. The number of carbonyl (C=O) groups excluding carboxylic acids is 2. The molecule has 0 aromatic carbocycles. The molecule has 1 saturated heterocycles. The molecule has 0 radical (unpaired) electrons. The molecule has 7 nitrogen and oxygen atoms in total. The predicted octanol–water partition coefficient (Wildman–Crippen LogP) is 4.82. The van der Waals surface area contributed by atoms with Crippen molar-refractivity contribution in [2.24, 2.45) is 11.8 Å². The van der Waals surface area contributed by atoms with Gasteiger partial charge in [-0.1, -0.05) is 6.92 Å². The minimum Gasteiger partial charge on any atom is -0.381 e. The molecular formula is C27H30F4N4O3. The average molecular weight is 535 g/mol. The van der Waals surface area contributed by atoms with Crippen LogP contribution in [0.1, 0.15) is 78.5 Å². The van der Waals surface area contributed by atoms with E-state index < -0.39 is 29.2 Å². The molecule has 5 rings (SSSR count). The molecule has 204 valence electrons. The van der Waals surface area contributed by atoms with Gasteiger partial charge < -0.3 is 10.1 Å². The third kappa shape index (κ3) is 4.76. The number of anilines is 1. The summed E-state index contributed by atoms with van der Waals surface area (Å²) in [5.74, 6) is -1.73. The molecule has 3 unspecified atom stereocenters. The van der Waals surface area contributed by atoms with Gasteiger partial charge in [0.2, 0.25) is 5.91 Å². The van der Waals surface area contributed by atoms with Gasteiger partial charge in [0.15, 0.2) is 11.5 Å². The minimum absolute atomic E-state index is 0.0332. The zero-order chi connectivity index (χ0) is 27.2. The molecule has 5 atom stereocenters. The molecule has 2 fully saturated rings. The van der Waals surface area contributed by atoms with Crippen LogP contribution < -0.4 is 10.2 Å². The molecule has 11 heteroatoms. The average Bonchev–Trinajstić information content (AvgIpc) is 2.89. The number of hydrogen-bond donors (Lipinski definition) is 1. The van der Waals surface area contributed by atoms with Gasteiger partial charge >= 0.3 is 6.18 Å². The number of alkyl halides is 3. The highest BCUT2D eigenvalue weighted by Gasteiger charge is 2.43. The van der Waals surface area contributed by atoms with Crippen molar-refractivity contribution in [3.8, 4) is 0 Å². The third-order valence-corrected chi connectivity index (χ3v) is 8.19. The molecular weight excluding hydrogens is 504 g/mol. The second-order valence-corrected chi connectivity index (χ2v) is 10.4. The molecule has 1 aliphatic carbocycles. The number of aromatic nitrogens is 2. The number of nitrogens with one attached hydrogen (secondary N) is 1. The van der Waals surface area contributed by atoms with Crippen molar-refractivity contribution < 1.29 is 31.9 Å². The smallest absolute Gasteiger partial charge is 0.381 e. The Bertz CT molecular complexity index is 1240. The zero-order valence-corrected chi connectivity index (χ0v) is 21.2. The number of carbonyl (C=O) groups is 2. The van der Waals surface area contributed by atoms with E-state index >= 15 is 0 Å². The summed E-state index contributed by atoms with van der Waals surface area (Å²) in [6.45, 7) is 5.52. The van der Waals surface area contributed by atoms with Crippen LogP contribution in [0.15, 0.2) is 24.5 Å². The molecule has 1 N–H and O–H groups in total. The van der Waals surface area contributed by atoms with Gasteiger partial charge in [0.05, 0.1) is 18.1 Å². The highest BCUT2D eigenvalue weighted by molar-refractivity contribution is 5.98. The van der Waals surface area contributed by atoms with Gasteiger partial charge in [-0.3, -0.25) is 14.5 Å². The highest BCUT2D eigenvalue weighted by Crippen LogP contribution is 2.45. The number of rotatable bonds is 4. The third-order valence-electron chi connectivity index (χ3n) is 8.19. The van der Waals surface area contributed by atoms with Crippen LogP contribution in [0.2, 0.25) is 0 Å². The Kier molecular flexibility index (Phi) is 7.15. The number of pyridine rings is 2. The Morgan fingerprint density at radius 2 is 1.97 bits per heavy atom. The SMILES string of the molecule is CCN1C(=O)[C@@H]2COCC[C@H]2c2cc(C3CC(NC(=O)c4ccnc(C(F)(F)F)c4F)CCC3C)cnc21. The van der Waals surface area contributed by atoms with Crippen LogP contribution in [-0.4, -0.2) is 47.6 Å². The van der Waals surface area contributed by atoms with Crippen molar-refractivity contribution in [1.29, 1.82) is 0 Å². The second kappa shape index (κ2) is 10.2. The van der Waals surface area contributed by atoms with E-state index in [4.69, 9.17) is 9.72 Å². The fourth-order valence-corrected chi connectivity index (χ4v) is 6.15. The number of amides is 2. The maximum absolute atomic E-state index is 14.5. The van der Waals surface area contributed by atoms with E-state index in [0.29, 0.717) is 38.4 Å². The Morgan fingerprint density at radius 1 is 1.18 bits per heavy atom. The Labute approximate surface area is 218 Å². The monoisotopic (exact) mass is 534 g/mol. The van der Waals surface area contributed by atoms with Gasteiger partial charge in [-0.25, -0.2) is 14.4 Å². The highest BCUT2D eigenvalue weighted by atomic mass is 19.4. The normalized spacial score (nSPS) is 27.5. The predicted molar refractivity (Wildman–Crippen MR) is 130 cm³/mol. The number of halogens is 4. The van der Waals surface area contributed by atoms with E-state index in [0.717, 1.165) is 36.2 Å². The topological polar surface area (TPSA) is 84.4 Å². The molecule has 4 heterocycles. The van der Waals surface area contributed by atoms with Crippen molar-refractivity contribution in [3.63, 3.8) is 0 Å². The Hall–Kier alpha value is -3.08. The first-order valence-electron chi connectivity index (χ1n) is 13.0. The molecule has 0 spiro atoms. The fourth-order valence-electron chi connectivity index (χ4n) is 6.15. The summed E-state index contributed by atoms with van der Waals surface area (Å²) in [7, 11) is 0.